The molecule has 0 radical (unpaired) electrons. The highest BCUT2D eigenvalue weighted by Gasteiger charge is 2.13. The Balaban J connectivity index is 3.35. The first kappa shape index (κ1) is 12.5. The summed E-state index contributed by atoms with van der Waals surface area (Å²) < 4.78 is 5.89. The molecule has 0 fully saturated rings. The molecule has 0 spiro atoms. The van der Waals surface area contributed by atoms with Crippen LogP contribution in [-0.4, -0.2) is 18.2 Å². The van der Waals surface area contributed by atoms with Gasteiger partial charge in [0, 0.05) is 5.56 Å². The van der Waals surface area contributed by atoms with Crippen molar-refractivity contribution in [3.8, 4) is 11.8 Å². The zero-order chi connectivity index (χ0) is 11.4. The number of ether oxygens (including phenoxy) is 1. The van der Waals surface area contributed by atoms with Crippen LogP contribution >= 0.6 is 38.5 Å². The maximum Gasteiger partial charge on any atom is 0.174 e. The highest BCUT2D eigenvalue weighted by Crippen LogP contribution is 2.25. The first-order valence-corrected chi connectivity index (χ1v) is 6.20. The maximum atomic E-state index is 11.5. The van der Waals surface area contributed by atoms with Gasteiger partial charge in [0.15, 0.2) is 5.78 Å². The Bertz CT molecular complexity index is 440. The van der Waals surface area contributed by atoms with Crippen molar-refractivity contribution in [2.24, 2.45) is 0 Å². The van der Waals surface area contributed by atoms with Crippen LogP contribution in [0.15, 0.2) is 12.1 Å². The van der Waals surface area contributed by atoms with E-state index in [9.17, 15) is 4.79 Å². The normalized spacial score (nSPS) is 9.47. The number of hydrogen-bond acceptors (Lipinski definition) is 3. The van der Waals surface area contributed by atoms with E-state index >= 15 is 0 Å². The highest BCUT2D eigenvalue weighted by atomic mass is 127. The summed E-state index contributed by atoms with van der Waals surface area (Å²) in [7, 11) is 1.53. The zero-order valence-corrected chi connectivity index (χ0v) is 11.6. The first-order valence-electron chi connectivity index (χ1n) is 4.00. The average molecular weight is 380 g/mol. The van der Waals surface area contributed by atoms with Gasteiger partial charge < -0.3 is 4.74 Å². The van der Waals surface area contributed by atoms with Crippen molar-refractivity contribution in [1.29, 1.82) is 5.26 Å². The Morgan fingerprint density at radius 3 is 2.80 bits per heavy atom. The quantitative estimate of drug-likeness (QED) is 0.461. The minimum atomic E-state index is -0.105. The van der Waals surface area contributed by atoms with E-state index in [1.54, 1.807) is 12.1 Å². The number of carbonyl (C=O) groups excluding carboxylic acids is 1. The van der Waals surface area contributed by atoms with E-state index < -0.39 is 0 Å². The lowest BCUT2D eigenvalue weighted by atomic mass is 10.1. The molecule has 0 atom stereocenters. The topological polar surface area (TPSA) is 50.1 Å². The minimum absolute atomic E-state index is 0.105. The predicted octanol–water partition coefficient (Wildman–Crippen LogP) is 2.75. The molecule has 1 rings (SSSR count). The lowest BCUT2D eigenvalue weighted by molar-refractivity contribution is 0.102. The molecule has 3 nitrogen and oxygen atoms in total. The van der Waals surface area contributed by atoms with Gasteiger partial charge in [-0.3, -0.25) is 4.79 Å². The number of nitriles is 1. The van der Waals surface area contributed by atoms with Crippen LogP contribution in [0.5, 0.6) is 5.75 Å². The third-order valence-electron chi connectivity index (χ3n) is 1.83. The van der Waals surface area contributed by atoms with Crippen LogP contribution in [0.25, 0.3) is 0 Å². The molecule has 15 heavy (non-hydrogen) atoms. The van der Waals surface area contributed by atoms with E-state index in [1.165, 1.54) is 7.11 Å². The third kappa shape index (κ3) is 2.69. The van der Waals surface area contributed by atoms with Gasteiger partial charge in [0.25, 0.3) is 0 Å². The summed E-state index contributed by atoms with van der Waals surface area (Å²) in [6.07, 6.45) is 0. The number of Topliss-reactive ketones (excluding diaryl/α,β-unsaturated/α-hetero) is 1. The van der Waals surface area contributed by atoms with E-state index in [1.807, 2.05) is 6.07 Å². The molecule has 1 aromatic carbocycles. The number of carbonyl (C=O) groups is 1. The molecule has 0 saturated carbocycles. The third-order valence-corrected chi connectivity index (χ3v) is 3.19. The van der Waals surface area contributed by atoms with Crippen LogP contribution < -0.4 is 4.74 Å². The molecule has 78 valence electrons. The van der Waals surface area contributed by atoms with Crippen molar-refractivity contribution >= 4 is 44.3 Å². The van der Waals surface area contributed by atoms with E-state index in [4.69, 9.17) is 10.00 Å². The molecule has 0 heterocycles. The van der Waals surface area contributed by atoms with Gasteiger partial charge in [-0.05, 0) is 34.7 Å². The summed E-state index contributed by atoms with van der Waals surface area (Å²) in [6.45, 7) is 0. The molecule has 0 unspecified atom stereocenters. The highest BCUT2D eigenvalue weighted by molar-refractivity contribution is 14.1. The minimum Gasteiger partial charge on any atom is -0.496 e. The second-order valence-corrected chi connectivity index (χ2v) is 4.42. The SMILES string of the molecule is COc1cc(C#N)c(C(=O)CBr)cc1I. The van der Waals surface area contributed by atoms with Gasteiger partial charge >= 0.3 is 0 Å². The molecule has 0 aliphatic heterocycles. The van der Waals surface area contributed by atoms with Gasteiger partial charge in [0.05, 0.1) is 21.6 Å². The summed E-state index contributed by atoms with van der Waals surface area (Å²) in [5.74, 6) is 0.505. The molecule has 0 aliphatic carbocycles. The van der Waals surface area contributed by atoms with Crippen molar-refractivity contribution in [2.45, 2.75) is 0 Å². The smallest absolute Gasteiger partial charge is 0.174 e. The second-order valence-electron chi connectivity index (χ2n) is 2.70. The summed E-state index contributed by atoms with van der Waals surface area (Å²) in [5, 5.41) is 9.11. The average Bonchev–Trinajstić information content (AvgIpc) is 2.27. The van der Waals surface area contributed by atoms with Crippen LogP contribution in [0.2, 0.25) is 0 Å². The molecule has 1 aromatic rings. The molecule has 0 aromatic heterocycles. The van der Waals surface area contributed by atoms with Crippen LogP contribution in [0.3, 0.4) is 0 Å². The summed E-state index contributed by atoms with van der Waals surface area (Å²) in [5.41, 5.74) is 0.774. The Kier molecular flexibility index (Phi) is 4.54. The molecule has 0 aliphatic rings. The van der Waals surface area contributed by atoms with Crippen LogP contribution in [0.1, 0.15) is 15.9 Å². The first-order chi connectivity index (χ1) is 7.13. The van der Waals surface area contributed by atoms with Crippen molar-refractivity contribution in [3.63, 3.8) is 0 Å². The van der Waals surface area contributed by atoms with Crippen LogP contribution in [0.4, 0.5) is 0 Å². The fourth-order valence-corrected chi connectivity index (χ4v) is 2.09. The Hall–Kier alpha value is -0.610. The van der Waals surface area contributed by atoms with Crippen molar-refractivity contribution in [1.82, 2.24) is 0 Å². The fourth-order valence-electron chi connectivity index (χ4n) is 1.11. The standard InChI is InChI=1S/C10H7BrINO2/c1-15-10-2-6(5-13)7(3-8(10)12)9(14)4-11/h2-3H,4H2,1H3. The van der Waals surface area contributed by atoms with Gasteiger partial charge in [0.1, 0.15) is 11.8 Å². The monoisotopic (exact) mass is 379 g/mol. The lowest BCUT2D eigenvalue weighted by Crippen LogP contribution is -2.04. The molecular weight excluding hydrogens is 373 g/mol. The van der Waals surface area contributed by atoms with Gasteiger partial charge in [-0.25, -0.2) is 0 Å². The second kappa shape index (κ2) is 5.47. The predicted molar refractivity (Wildman–Crippen MR) is 68.6 cm³/mol. The van der Waals surface area contributed by atoms with Crippen LogP contribution in [0, 0.1) is 14.9 Å². The summed E-state index contributed by atoms with van der Waals surface area (Å²) >= 11 is 5.15. The van der Waals surface area contributed by atoms with Gasteiger partial charge in [-0.2, -0.15) is 5.26 Å². The number of alkyl halides is 1. The van der Waals surface area contributed by atoms with E-state index in [0.717, 1.165) is 3.57 Å². The van der Waals surface area contributed by atoms with Crippen molar-refractivity contribution < 1.29 is 9.53 Å². The Labute approximate surface area is 110 Å². The Morgan fingerprint density at radius 1 is 1.67 bits per heavy atom. The number of ketones is 1. The molecule has 0 amide bonds. The van der Waals surface area contributed by atoms with Crippen LogP contribution in [-0.2, 0) is 0 Å². The number of halogens is 2. The number of nitrogens with zero attached hydrogens (tertiary/aromatic N) is 1. The van der Waals surface area contributed by atoms with Crippen molar-refractivity contribution in [3.05, 3.63) is 26.8 Å². The van der Waals surface area contributed by atoms with E-state index in [0.29, 0.717) is 16.9 Å². The number of hydrogen-bond donors (Lipinski definition) is 0. The van der Waals surface area contributed by atoms with E-state index in [-0.39, 0.29) is 11.1 Å². The van der Waals surface area contributed by atoms with Gasteiger partial charge in [-0.15, -0.1) is 0 Å². The molecular formula is C10H7BrINO2. The molecule has 0 saturated heterocycles. The molecule has 0 N–H and O–H groups in total. The largest absolute Gasteiger partial charge is 0.496 e. The maximum absolute atomic E-state index is 11.5. The molecule has 5 heteroatoms. The number of rotatable bonds is 3. The lowest BCUT2D eigenvalue weighted by Gasteiger charge is -2.06. The summed E-state index contributed by atoms with van der Waals surface area (Å²) in [6, 6.07) is 5.24. The summed E-state index contributed by atoms with van der Waals surface area (Å²) in [4.78, 5) is 11.5. The molecule has 0 bridgehead atoms. The number of methoxy groups -OCH3 is 1. The Morgan fingerprint density at radius 2 is 2.33 bits per heavy atom. The van der Waals surface area contributed by atoms with Gasteiger partial charge in [-0.1, -0.05) is 15.9 Å². The fraction of sp³-hybridized carbons (Fsp3) is 0.200. The van der Waals surface area contributed by atoms with Gasteiger partial charge in [0.2, 0.25) is 0 Å². The zero-order valence-electron chi connectivity index (χ0n) is 7.88. The van der Waals surface area contributed by atoms with E-state index in [2.05, 4.69) is 38.5 Å². The van der Waals surface area contributed by atoms with Crippen molar-refractivity contribution in [2.75, 3.05) is 12.4 Å². The number of benzene rings is 1.